The number of nitrogens with zero attached hydrogens (tertiary/aromatic N) is 4. The summed E-state index contributed by atoms with van der Waals surface area (Å²) in [6.45, 7) is 7.07. The summed E-state index contributed by atoms with van der Waals surface area (Å²) in [4.78, 5) is 21.9. The summed E-state index contributed by atoms with van der Waals surface area (Å²) < 4.78 is 30.4. The lowest BCUT2D eigenvalue weighted by atomic mass is 10.1. The molecular weight excluding hydrogens is 406 g/mol. The SMILES string of the molecule is CN(CCCOc1ccc(S(C)(=O)=O)cc1)c1nc2c(cnn2C(C)(C)C)c(=O)[nH]1. The van der Waals surface area contributed by atoms with Gasteiger partial charge in [-0.05, 0) is 51.5 Å². The quantitative estimate of drug-likeness (QED) is 0.569. The Morgan fingerprint density at radius 3 is 2.47 bits per heavy atom. The van der Waals surface area contributed by atoms with E-state index in [1.165, 1.54) is 18.4 Å². The Kier molecular flexibility index (Phi) is 5.89. The van der Waals surface area contributed by atoms with Crippen LogP contribution in [0.2, 0.25) is 0 Å². The van der Waals surface area contributed by atoms with Gasteiger partial charge < -0.3 is 9.64 Å². The zero-order chi connectivity index (χ0) is 22.1. The first kappa shape index (κ1) is 21.8. The molecule has 0 fully saturated rings. The highest BCUT2D eigenvalue weighted by Gasteiger charge is 2.20. The summed E-state index contributed by atoms with van der Waals surface area (Å²) in [6, 6.07) is 6.33. The van der Waals surface area contributed by atoms with E-state index in [4.69, 9.17) is 4.74 Å². The first-order chi connectivity index (χ1) is 14.0. The van der Waals surface area contributed by atoms with Crippen molar-refractivity contribution in [2.45, 2.75) is 37.6 Å². The van der Waals surface area contributed by atoms with E-state index in [1.54, 1.807) is 23.0 Å². The number of nitrogens with one attached hydrogen (secondary N) is 1. The molecule has 0 saturated carbocycles. The van der Waals surface area contributed by atoms with Gasteiger partial charge in [-0.3, -0.25) is 9.78 Å². The van der Waals surface area contributed by atoms with Crippen LogP contribution in [-0.2, 0) is 15.4 Å². The monoisotopic (exact) mass is 433 g/mol. The number of fused-ring (bicyclic) bond motifs is 1. The summed E-state index contributed by atoms with van der Waals surface area (Å²) in [5.41, 5.74) is 0.0358. The number of ether oxygens (including phenoxy) is 1. The number of anilines is 1. The van der Waals surface area contributed by atoms with Crippen molar-refractivity contribution in [1.82, 2.24) is 19.7 Å². The van der Waals surface area contributed by atoms with E-state index in [1.807, 2.05) is 32.7 Å². The first-order valence-electron chi connectivity index (χ1n) is 9.59. The van der Waals surface area contributed by atoms with E-state index < -0.39 is 9.84 Å². The summed E-state index contributed by atoms with van der Waals surface area (Å²) in [5.74, 6) is 1.07. The average Bonchev–Trinajstić information content (AvgIpc) is 3.10. The van der Waals surface area contributed by atoms with Crippen molar-refractivity contribution in [3.05, 3.63) is 40.8 Å². The highest BCUT2D eigenvalue weighted by molar-refractivity contribution is 7.90. The Balaban J connectivity index is 1.63. The lowest BCUT2D eigenvalue weighted by Gasteiger charge is -2.21. The standard InChI is InChI=1S/C20H27N5O4S/c1-20(2,3)25-17-16(13-21-25)18(26)23-19(22-17)24(4)11-6-12-29-14-7-9-15(10-8-14)30(5,27)28/h7-10,13H,6,11-12H2,1-5H3,(H,22,23,26). The van der Waals surface area contributed by atoms with Gasteiger partial charge >= 0.3 is 0 Å². The molecule has 0 unspecified atom stereocenters. The molecule has 1 N–H and O–H groups in total. The third kappa shape index (κ3) is 4.81. The lowest BCUT2D eigenvalue weighted by Crippen LogP contribution is -2.27. The Morgan fingerprint density at radius 1 is 1.20 bits per heavy atom. The van der Waals surface area contributed by atoms with Crippen LogP contribution in [-0.4, -0.2) is 54.6 Å². The number of benzene rings is 1. The molecule has 0 radical (unpaired) electrons. The van der Waals surface area contributed by atoms with E-state index >= 15 is 0 Å². The number of sulfone groups is 1. The molecule has 2 heterocycles. The molecule has 0 spiro atoms. The molecule has 0 saturated heterocycles. The second-order valence-corrected chi connectivity index (χ2v) is 10.2. The minimum absolute atomic E-state index is 0.223. The van der Waals surface area contributed by atoms with Gasteiger partial charge in [0.25, 0.3) is 5.56 Å². The van der Waals surface area contributed by atoms with Crippen LogP contribution in [0.4, 0.5) is 5.95 Å². The van der Waals surface area contributed by atoms with Gasteiger partial charge in [0.2, 0.25) is 5.95 Å². The Bertz CT molecular complexity index is 1190. The molecule has 30 heavy (non-hydrogen) atoms. The zero-order valence-electron chi connectivity index (χ0n) is 17.8. The molecule has 3 aromatic rings. The maximum absolute atomic E-state index is 12.4. The first-order valence-corrected chi connectivity index (χ1v) is 11.5. The molecular formula is C20H27N5O4S. The molecule has 162 valence electrons. The van der Waals surface area contributed by atoms with Crippen molar-refractivity contribution in [3.8, 4) is 5.75 Å². The van der Waals surface area contributed by atoms with Crippen LogP contribution in [0, 0.1) is 0 Å². The second kappa shape index (κ2) is 8.10. The van der Waals surface area contributed by atoms with E-state index in [0.29, 0.717) is 42.3 Å². The minimum Gasteiger partial charge on any atom is -0.494 e. The Labute approximate surface area is 175 Å². The third-order valence-corrected chi connectivity index (χ3v) is 5.71. The molecule has 0 aliphatic heterocycles. The Morgan fingerprint density at radius 2 is 1.87 bits per heavy atom. The van der Waals surface area contributed by atoms with Gasteiger partial charge in [-0.2, -0.15) is 10.1 Å². The van der Waals surface area contributed by atoms with Gasteiger partial charge in [0.1, 0.15) is 11.1 Å². The van der Waals surface area contributed by atoms with Crippen LogP contribution in [0.5, 0.6) is 5.75 Å². The summed E-state index contributed by atoms with van der Waals surface area (Å²) in [6.07, 6.45) is 3.40. The fourth-order valence-electron chi connectivity index (χ4n) is 2.96. The number of rotatable bonds is 7. The van der Waals surface area contributed by atoms with Gasteiger partial charge in [-0.25, -0.2) is 13.1 Å². The second-order valence-electron chi connectivity index (χ2n) is 8.22. The molecule has 0 atom stereocenters. The van der Waals surface area contributed by atoms with Crippen LogP contribution in [0.1, 0.15) is 27.2 Å². The van der Waals surface area contributed by atoms with Gasteiger partial charge in [0.15, 0.2) is 15.5 Å². The summed E-state index contributed by atoms with van der Waals surface area (Å²) in [7, 11) is -1.37. The third-order valence-electron chi connectivity index (χ3n) is 4.58. The van der Waals surface area contributed by atoms with Crippen molar-refractivity contribution in [1.29, 1.82) is 0 Å². The highest BCUT2D eigenvalue weighted by Crippen LogP contribution is 2.20. The maximum Gasteiger partial charge on any atom is 0.263 e. The van der Waals surface area contributed by atoms with Crippen LogP contribution in [0.3, 0.4) is 0 Å². The molecule has 2 aromatic heterocycles. The van der Waals surface area contributed by atoms with Gasteiger partial charge in [0, 0.05) is 19.8 Å². The summed E-state index contributed by atoms with van der Waals surface area (Å²) in [5, 5.41) is 4.78. The van der Waals surface area contributed by atoms with Crippen molar-refractivity contribution >= 4 is 26.8 Å². The number of aromatic nitrogens is 4. The molecule has 9 nitrogen and oxygen atoms in total. The maximum atomic E-state index is 12.4. The number of hydrogen-bond acceptors (Lipinski definition) is 7. The molecule has 0 aliphatic carbocycles. The van der Waals surface area contributed by atoms with Crippen molar-refractivity contribution < 1.29 is 13.2 Å². The van der Waals surface area contributed by atoms with Crippen LogP contribution < -0.4 is 15.2 Å². The van der Waals surface area contributed by atoms with E-state index in [9.17, 15) is 13.2 Å². The molecule has 0 aliphatic rings. The fraction of sp³-hybridized carbons (Fsp3) is 0.450. The fourth-order valence-corrected chi connectivity index (χ4v) is 3.59. The topological polar surface area (TPSA) is 110 Å². The van der Waals surface area contributed by atoms with Crippen LogP contribution >= 0.6 is 0 Å². The predicted octanol–water partition coefficient (Wildman–Crippen LogP) is 2.18. The molecule has 1 aromatic carbocycles. The normalized spacial score (nSPS) is 12.3. The highest BCUT2D eigenvalue weighted by atomic mass is 32.2. The molecule has 0 amide bonds. The van der Waals surface area contributed by atoms with E-state index in [-0.39, 0.29) is 16.0 Å². The average molecular weight is 434 g/mol. The lowest BCUT2D eigenvalue weighted by molar-refractivity contribution is 0.312. The van der Waals surface area contributed by atoms with Crippen molar-refractivity contribution in [3.63, 3.8) is 0 Å². The van der Waals surface area contributed by atoms with E-state index in [0.717, 1.165) is 0 Å². The van der Waals surface area contributed by atoms with Crippen molar-refractivity contribution in [2.24, 2.45) is 0 Å². The smallest absolute Gasteiger partial charge is 0.263 e. The molecule has 10 heteroatoms. The van der Waals surface area contributed by atoms with Gasteiger partial charge in [-0.15, -0.1) is 0 Å². The van der Waals surface area contributed by atoms with E-state index in [2.05, 4.69) is 15.1 Å². The van der Waals surface area contributed by atoms with Crippen molar-refractivity contribution in [2.75, 3.05) is 31.4 Å². The van der Waals surface area contributed by atoms with Gasteiger partial charge in [0.05, 0.1) is 23.2 Å². The largest absolute Gasteiger partial charge is 0.494 e. The van der Waals surface area contributed by atoms with Crippen LogP contribution in [0.25, 0.3) is 11.0 Å². The van der Waals surface area contributed by atoms with Crippen LogP contribution in [0.15, 0.2) is 40.2 Å². The molecule has 0 bridgehead atoms. The summed E-state index contributed by atoms with van der Waals surface area (Å²) >= 11 is 0. The minimum atomic E-state index is -3.22. The molecule has 3 rings (SSSR count). The number of H-pyrrole nitrogens is 1. The Hall–Kier alpha value is -2.88. The predicted molar refractivity (Wildman–Crippen MR) is 116 cm³/mol. The number of hydrogen-bond donors (Lipinski definition) is 1. The van der Waals surface area contributed by atoms with Gasteiger partial charge in [-0.1, -0.05) is 0 Å². The zero-order valence-corrected chi connectivity index (χ0v) is 18.7. The number of aromatic amines is 1.